The summed E-state index contributed by atoms with van der Waals surface area (Å²) in [4.78, 5) is 23.6. The number of rotatable bonds is 3. The smallest absolute Gasteiger partial charge is 0.272 e. The molecule has 25 heavy (non-hydrogen) atoms. The number of hydrogen-bond acceptors (Lipinski definition) is 4. The van der Waals surface area contributed by atoms with E-state index in [-0.39, 0.29) is 5.91 Å². The van der Waals surface area contributed by atoms with E-state index in [1.165, 1.54) is 24.0 Å². The Bertz CT molecular complexity index is 764. The summed E-state index contributed by atoms with van der Waals surface area (Å²) in [7, 11) is 0. The molecule has 0 radical (unpaired) electrons. The molecule has 1 fully saturated rings. The topological polar surface area (TPSA) is 58.1 Å². The van der Waals surface area contributed by atoms with Crippen molar-refractivity contribution < 1.29 is 4.79 Å². The zero-order valence-corrected chi connectivity index (χ0v) is 15.3. The van der Waals surface area contributed by atoms with Crippen molar-refractivity contribution in [2.75, 3.05) is 18.4 Å². The van der Waals surface area contributed by atoms with Gasteiger partial charge in [-0.1, -0.05) is 18.9 Å². The summed E-state index contributed by atoms with van der Waals surface area (Å²) < 4.78 is 0. The van der Waals surface area contributed by atoms with Crippen LogP contribution in [-0.2, 0) is 0 Å². The second-order valence-electron chi connectivity index (χ2n) is 6.85. The minimum absolute atomic E-state index is 0.00976. The third-order valence-electron chi connectivity index (χ3n) is 4.73. The van der Waals surface area contributed by atoms with Crippen molar-refractivity contribution in [2.24, 2.45) is 0 Å². The summed E-state index contributed by atoms with van der Waals surface area (Å²) in [6.07, 6.45) is 4.55. The maximum atomic E-state index is 12.8. The van der Waals surface area contributed by atoms with E-state index in [1.54, 1.807) is 6.07 Å². The molecule has 1 amide bonds. The van der Waals surface area contributed by atoms with Crippen LogP contribution in [0.4, 0.5) is 11.6 Å². The number of carbonyl (C=O) groups is 1. The van der Waals surface area contributed by atoms with Crippen molar-refractivity contribution in [1.29, 1.82) is 0 Å². The average molecular weight is 338 g/mol. The van der Waals surface area contributed by atoms with Gasteiger partial charge in [0.2, 0.25) is 5.95 Å². The predicted molar refractivity (Wildman–Crippen MR) is 100 cm³/mol. The van der Waals surface area contributed by atoms with Gasteiger partial charge in [-0.15, -0.1) is 0 Å². The molecular weight excluding hydrogens is 312 g/mol. The molecule has 0 unspecified atom stereocenters. The lowest BCUT2D eigenvalue weighted by Gasteiger charge is -2.20. The van der Waals surface area contributed by atoms with Crippen LogP contribution >= 0.6 is 0 Å². The van der Waals surface area contributed by atoms with Crippen molar-refractivity contribution >= 4 is 17.5 Å². The molecule has 2 heterocycles. The van der Waals surface area contributed by atoms with Crippen LogP contribution in [0.3, 0.4) is 0 Å². The zero-order valence-electron chi connectivity index (χ0n) is 15.3. The number of carbonyl (C=O) groups excluding carboxylic acids is 1. The van der Waals surface area contributed by atoms with Gasteiger partial charge in [-0.05, 0) is 62.9 Å². The largest absolute Gasteiger partial charge is 0.337 e. The van der Waals surface area contributed by atoms with Crippen molar-refractivity contribution in [3.8, 4) is 0 Å². The highest BCUT2D eigenvalue weighted by molar-refractivity contribution is 5.92. The molecule has 0 bridgehead atoms. The molecule has 1 aromatic carbocycles. The Hall–Kier alpha value is -2.43. The normalized spacial score (nSPS) is 14.9. The van der Waals surface area contributed by atoms with Gasteiger partial charge in [-0.25, -0.2) is 9.97 Å². The van der Waals surface area contributed by atoms with E-state index in [4.69, 9.17) is 0 Å². The standard InChI is InChI=1S/C20H26N4O/c1-14-8-9-17(12-15(14)2)22-20-21-16(3)13-18(23-20)19(25)24-10-6-4-5-7-11-24/h8-9,12-13H,4-7,10-11H2,1-3H3,(H,21,22,23). The van der Waals surface area contributed by atoms with E-state index in [0.717, 1.165) is 37.3 Å². The molecule has 2 aromatic rings. The average Bonchev–Trinajstić information content (AvgIpc) is 2.86. The Morgan fingerprint density at radius 2 is 1.68 bits per heavy atom. The number of anilines is 2. The van der Waals surface area contributed by atoms with E-state index >= 15 is 0 Å². The Morgan fingerprint density at radius 1 is 0.960 bits per heavy atom. The number of aryl methyl sites for hydroxylation is 3. The Kier molecular flexibility index (Phi) is 5.31. The highest BCUT2D eigenvalue weighted by atomic mass is 16.2. The monoisotopic (exact) mass is 338 g/mol. The van der Waals surface area contributed by atoms with Crippen molar-refractivity contribution in [2.45, 2.75) is 46.5 Å². The Morgan fingerprint density at radius 3 is 2.36 bits per heavy atom. The van der Waals surface area contributed by atoms with Crippen LogP contribution in [0.1, 0.15) is 53.0 Å². The number of benzene rings is 1. The van der Waals surface area contributed by atoms with Gasteiger partial charge in [0.25, 0.3) is 5.91 Å². The highest BCUT2D eigenvalue weighted by Crippen LogP contribution is 2.19. The number of amides is 1. The molecule has 0 spiro atoms. The van der Waals surface area contributed by atoms with Gasteiger partial charge < -0.3 is 10.2 Å². The van der Waals surface area contributed by atoms with E-state index < -0.39 is 0 Å². The highest BCUT2D eigenvalue weighted by Gasteiger charge is 2.19. The van der Waals surface area contributed by atoms with Crippen LogP contribution in [-0.4, -0.2) is 33.9 Å². The molecule has 0 saturated carbocycles. The number of nitrogens with zero attached hydrogens (tertiary/aromatic N) is 3. The number of likely N-dealkylation sites (tertiary alicyclic amines) is 1. The summed E-state index contributed by atoms with van der Waals surface area (Å²) in [6, 6.07) is 7.91. The first-order valence-corrected chi connectivity index (χ1v) is 9.02. The van der Waals surface area contributed by atoms with Gasteiger partial charge in [0.1, 0.15) is 5.69 Å². The van der Waals surface area contributed by atoms with Gasteiger partial charge in [0.05, 0.1) is 0 Å². The predicted octanol–water partition coefficient (Wildman–Crippen LogP) is 4.16. The minimum atomic E-state index is 0.00976. The molecule has 1 N–H and O–H groups in total. The summed E-state index contributed by atoms with van der Waals surface area (Å²) in [5.41, 5.74) is 4.65. The maximum absolute atomic E-state index is 12.8. The van der Waals surface area contributed by atoms with Crippen LogP contribution in [0.2, 0.25) is 0 Å². The number of nitrogens with one attached hydrogen (secondary N) is 1. The molecule has 0 aliphatic carbocycles. The lowest BCUT2D eigenvalue weighted by Crippen LogP contribution is -2.32. The third kappa shape index (κ3) is 4.35. The SMILES string of the molecule is Cc1cc(C(=O)N2CCCCCC2)nc(Nc2ccc(C)c(C)c2)n1. The number of hydrogen-bond donors (Lipinski definition) is 1. The van der Waals surface area contributed by atoms with Crippen LogP contribution in [0, 0.1) is 20.8 Å². The maximum Gasteiger partial charge on any atom is 0.272 e. The molecule has 1 saturated heterocycles. The van der Waals surface area contributed by atoms with Crippen LogP contribution in [0.15, 0.2) is 24.3 Å². The van der Waals surface area contributed by atoms with Crippen LogP contribution in [0.5, 0.6) is 0 Å². The quantitative estimate of drug-likeness (QED) is 0.913. The molecule has 132 valence electrons. The van der Waals surface area contributed by atoms with E-state index in [1.807, 2.05) is 17.9 Å². The zero-order chi connectivity index (χ0) is 17.8. The first kappa shape index (κ1) is 17.4. The molecule has 1 aliphatic rings. The Balaban J connectivity index is 1.82. The van der Waals surface area contributed by atoms with Crippen LogP contribution < -0.4 is 5.32 Å². The first-order valence-electron chi connectivity index (χ1n) is 9.02. The third-order valence-corrected chi connectivity index (χ3v) is 4.73. The molecule has 1 aromatic heterocycles. The van der Waals surface area contributed by atoms with Crippen molar-refractivity contribution in [3.05, 3.63) is 46.8 Å². The minimum Gasteiger partial charge on any atom is -0.337 e. The lowest BCUT2D eigenvalue weighted by atomic mass is 10.1. The van der Waals surface area contributed by atoms with Crippen LogP contribution in [0.25, 0.3) is 0 Å². The molecule has 5 heteroatoms. The van der Waals surface area contributed by atoms with Gasteiger partial charge in [-0.2, -0.15) is 0 Å². The number of aromatic nitrogens is 2. The summed E-state index contributed by atoms with van der Waals surface area (Å²) in [6.45, 7) is 7.70. The molecule has 1 aliphatic heterocycles. The molecule has 3 rings (SSSR count). The molecular formula is C20H26N4O. The molecule has 0 atom stereocenters. The fourth-order valence-corrected chi connectivity index (χ4v) is 3.12. The van der Waals surface area contributed by atoms with Crippen molar-refractivity contribution in [3.63, 3.8) is 0 Å². The summed E-state index contributed by atoms with van der Waals surface area (Å²) >= 11 is 0. The fourth-order valence-electron chi connectivity index (χ4n) is 3.12. The second kappa shape index (κ2) is 7.64. The first-order chi connectivity index (χ1) is 12.0. The second-order valence-corrected chi connectivity index (χ2v) is 6.85. The van der Waals surface area contributed by atoms with Gasteiger partial charge >= 0.3 is 0 Å². The lowest BCUT2D eigenvalue weighted by molar-refractivity contribution is 0.0755. The fraction of sp³-hybridized carbons (Fsp3) is 0.450. The summed E-state index contributed by atoms with van der Waals surface area (Å²) in [5.74, 6) is 0.483. The van der Waals surface area contributed by atoms with E-state index in [9.17, 15) is 4.79 Å². The Labute approximate surface area is 149 Å². The molecule has 5 nitrogen and oxygen atoms in total. The summed E-state index contributed by atoms with van der Waals surface area (Å²) in [5, 5.41) is 3.23. The van der Waals surface area contributed by atoms with Gasteiger partial charge in [0.15, 0.2) is 0 Å². The van der Waals surface area contributed by atoms with Gasteiger partial charge in [0, 0.05) is 24.5 Å². The van der Waals surface area contributed by atoms with E-state index in [2.05, 4.69) is 41.3 Å². The van der Waals surface area contributed by atoms with Gasteiger partial charge in [-0.3, -0.25) is 4.79 Å². The van der Waals surface area contributed by atoms with Crippen molar-refractivity contribution in [1.82, 2.24) is 14.9 Å². The van der Waals surface area contributed by atoms with E-state index in [0.29, 0.717) is 11.6 Å².